The molecular formula is C14H18N2O2S. The molecule has 19 heavy (non-hydrogen) atoms. The molecule has 0 aliphatic heterocycles. The first-order valence-corrected chi connectivity index (χ1v) is 7.34. The molecule has 0 amide bonds. The van der Waals surface area contributed by atoms with Crippen molar-refractivity contribution >= 4 is 17.7 Å². The molecule has 1 N–H and O–H groups in total. The maximum atomic E-state index is 11.9. The second-order valence-electron chi connectivity index (χ2n) is 4.22. The zero-order chi connectivity index (χ0) is 14.3. The van der Waals surface area contributed by atoms with E-state index in [1.165, 1.54) is 7.11 Å². The second-order valence-corrected chi connectivity index (χ2v) is 5.13. The molecule has 0 aromatic heterocycles. The lowest BCUT2D eigenvalue weighted by Gasteiger charge is -2.21. The molecule has 102 valence electrons. The molecule has 5 heteroatoms. The van der Waals surface area contributed by atoms with Crippen molar-refractivity contribution in [3.63, 3.8) is 0 Å². The van der Waals surface area contributed by atoms with Crippen molar-refractivity contribution in [3.8, 4) is 6.07 Å². The van der Waals surface area contributed by atoms with Gasteiger partial charge >= 0.3 is 5.97 Å². The number of carbonyl (C=O) groups is 1. The van der Waals surface area contributed by atoms with Crippen molar-refractivity contribution in [2.75, 3.05) is 19.1 Å². The summed E-state index contributed by atoms with van der Waals surface area (Å²) >= 11 is 1.71. The molecule has 1 aromatic rings. The van der Waals surface area contributed by atoms with Crippen LogP contribution in [0.3, 0.4) is 0 Å². The smallest absolute Gasteiger partial charge is 0.327 e. The molecule has 0 unspecified atom stereocenters. The van der Waals surface area contributed by atoms with Crippen LogP contribution in [0, 0.1) is 11.3 Å². The molecule has 1 rings (SSSR count). The summed E-state index contributed by atoms with van der Waals surface area (Å²) in [5.74, 6) is 0.550. The number of rotatable bonds is 6. The van der Waals surface area contributed by atoms with Crippen LogP contribution in [0.4, 0.5) is 0 Å². The lowest BCUT2D eigenvalue weighted by Crippen LogP contribution is -2.37. The topological polar surface area (TPSA) is 62.1 Å². The lowest BCUT2D eigenvalue weighted by atomic mass is 10.0. The average Bonchev–Trinajstić information content (AvgIpc) is 2.44. The minimum Gasteiger partial charge on any atom is -0.468 e. The number of nitriles is 1. The quantitative estimate of drug-likeness (QED) is 0.808. The first-order chi connectivity index (χ1) is 9.12. The molecule has 0 saturated carbocycles. The standard InChI is InChI=1S/C14H18N2O2S/c1-10(9-19-3)16-13(14(17)18-2)12-6-4-5-11(7-12)8-15/h4-7,10,13,16H,9H2,1-3H3/t10-,13+/m0/s1. The van der Waals surface area contributed by atoms with Gasteiger partial charge in [-0.15, -0.1) is 0 Å². The van der Waals surface area contributed by atoms with Gasteiger partial charge in [-0.25, -0.2) is 4.79 Å². The van der Waals surface area contributed by atoms with Crippen molar-refractivity contribution in [1.82, 2.24) is 5.32 Å². The minimum atomic E-state index is -0.541. The highest BCUT2D eigenvalue weighted by molar-refractivity contribution is 7.98. The number of hydrogen-bond acceptors (Lipinski definition) is 5. The molecule has 0 aliphatic carbocycles. The van der Waals surface area contributed by atoms with Gasteiger partial charge in [-0.1, -0.05) is 12.1 Å². The average molecular weight is 278 g/mol. The van der Waals surface area contributed by atoms with Gasteiger partial charge in [-0.05, 0) is 30.9 Å². The van der Waals surface area contributed by atoms with E-state index in [1.54, 1.807) is 30.0 Å². The van der Waals surface area contributed by atoms with Crippen molar-refractivity contribution in [2.24, 2.45) is 0 Å². The van der Waals surface area contributed by atoms with Gasteiger partial charge in [0.1, 0.15) is 6.04 Å². The third-order valence-electron chi connectivity index (χ3n) is 2.65. The van der Waals surface area contributed by atoms with Gasteiger partial charge in [0.2, 0.25) is 0 Å². The van der Waals surface area contributed by atoms with Gasteiger partial charge in [0.05, 0.1) is 18.7 Å². The van der Waals surface area contributed by atoms with Crippen LogP contribution in [0.25, 0.3) is 0 Å². The Labute approximate surface area is 118 Å². The van der Waals surface area contributed by atoms with Crippen LogP contribution in [-0.4, -0.2) is 31.1 Å². The zero-order valence-electron chi connectivity index (χ0n) is 11.3. The van der Waals surface area contributed by atoms with E-state index in [0.29, 0.717) is 5.56 Å². The first-order valence-electron chi connectivity index (χ1n) is 5.95. The van der Waals surface area contributed by atoms with E-state index in [0.717, 1.165) is 11.3 Å². The van der Waals surface area contributed by atoms with E-state index in [2.05, 4.69) is 11.4 Å². The molecule has 0 bridgehead atoms. The number of thioether (sulfide) groups is 1. The van der Waals surface area contributed by atoms with Gasteiger partial charge in [0.15, 0.2) is 0 Å². The predicted molar refractivity (Wildman–Crippen MR) is 76.9 cm³/mol. The van der Waals surface area contributed by atoms with Gasteiger partial charge < -0.3 is 4.74 Å². The van der Waals surface area contributed by atoms with Crippen molar-refractivity contribution in [3.05, 3.63) is 35.4 Å². The Hall–Kier alpha value is -1.51. The fourth-order valence-electron chi connectivity index (χ4n) is 1.79. The van der Waals surface area contributed by atoms with Gasteiger partial charge in [-0.3, -0.25) is 5.32 Å². The number of nitrogens with one attached hydrogen (secondary N) is 1. The summed E-state index contributed by atoms with van der Waals surface area (Å²) in [7, 11) is 1.37. The number of esters is 1. The summed E-state index contributed by atoms with van der Waals surface area (Å²) in [6.45, 7) is 2.01. The SMILES string of the molecule is COC(=O)[C@H](N[C@@H](C)CSC)c1cccc(C#N)c1. The normalized spacial score (nSPS) is 13.4. The van der Waals surface area contributed by atoms with Crippen molar-refractivity contribution < 1.29 is 9.53 Å². The highest BCUT2D eigenvalue weighted by atomic mass is 32.2. The Bertz CT molecular complexity index is 471. The maximum absolute atomic E-state index is 11.9. The Morgan fingerprint density at radius 2 is 2.32 bits per heavy atom. The monoisotopic (exact) mass is 278 g/mol. The number of nitrogens with zero attached hydrogens (tertiary/aromatic N) is 1. The Morgan fingerprint density at radius 3 is 2.89 bits per heavy atom. The van der Waals surface area contributed by atoms with Gasteiger partial charge in [-0.2, -0.15) is 17.0 Å². The summed E-state index contributed by atoms with van der Waals surface area (Å²) in [5.41, 5.74) is 1.28. The molecule has 1 aromatic carbocycles. The van der Waals surface area contributed by atoms with Crippen molar-refractivity contribution in [1.29, 1.82) is 5.26 Å². The summed E-state index contributed by atoms with van der Waals surface area (Å²) in [6, 6.07) is 8.71. The highest BCUT2D eigenvalue weighted by Gasteiger charge is 2.23. The van der Waals surface area contributed by atoms with Crippen LogP contribution >= 0.6 is 11.8 Å². The molecule has 0 aliphatic rings. The maximum Gasteiger partial charge on any atom is 0.327 e. The number of methoxy groups -OCH3 is 1. The molecule has 0 radical (unpaired) electrons. The number of ether oxygens (including phenoxy) is 1. The molecule has 4 nitrogen and oxygen atoms in total. The fraction of sp³-hybridized carbons (Fsp3) is 0.429. The second kappa shape index (κ2) is 7.82. The summed E-state index contributed by atoms with van der Waals surface area (Å²) in [5, 5.41) is 12.1. The number of carbonyl (C=O) groups excluding carboxylic acids is 1. The molecular weight excluding hydrogens is 260 g/mol. The van der Waals surface area contributed by atoms with Crippen LogP contribution in [0.15, 0.2) is 24.3 Å². The lowest BCUT2D eigenvalue weighted by molar-refractivity contribution is -0.143. The van der Waals surface area contributed by atoms with Crippen LogP contribution in [-0.2, 0) is 9.53 Å². The summed E-state index contributed by atoms with van der Waals surface area (Å²) in [4.78, 5) is 11.9. The molecule has 0 heterocycles. The van der Waals surface area contributed by atoms with Gasteiger partial charge in [0.25, 0.3) is 0 Å². The summed E-state index contributed by atoms with van der Waals surface area (Å²) < 4.78 is 4.83. The van der Waals surface area contributed by atoms with Crippen molar-refractivity contribution in [2.45, 2.75) is 19.0 Å². The molecule has 0 saturated heterocycles. The van der Waals surface area contributed by atoms with Crippen LogP contribution < -0.4 is 5.32 Å². The number of benzene rings is 1. The van der Waals surface area contributed by atoms with E-state index < -0.39 is 6.04 Å². The van der Waals surface area contributed by atoms with Crippen LogP contribution in [0.1, 0.15) is 24.1 Å². The third-order valence-corrected chi connectivity index (χ3v) is 3.49. The predicted octanol–water partition coefficient (Wildman–Crippen LogP) is 2.11. The first kappa shape index (κ1) is 15.5. The van der Waals surface area contributed by atoms with E-state index in [-0.39, 0.29) is 12.0 Å². The van der Waals surface area contributed by atoms with E-state index in [9.17, 15) is 4.79 Å². The Morgan fingerprint density at radius 1 is 1.58 bits per heavy atom. The Balaban J connectivity index is 2.96. The fourth-order valence-corrected chi connectivity index (χ4v) is 2.38. The molecule has 2 atom stereocenters. The number of hydrogen-bond donors (Lipinski definition) is 1. The Kier molecular flexibility index (Phi) is 6.40. The van der Waals surface area contributed by atoms with Gasteiger partial charge in [0, 0.05) is 11.8 Å². The summed E-state index contributed by atoms with van der Waals surface area (Å²) in [6.07, 6.45) is 2.02. The third kappa shape index (κ3) is 4.58. The highest BCUT2D eigenvalue weighted by Crippen LogP contribution is 2.17. The van der Waals surface area contributed by atoms with E-state index in [4.69, 9.17) is 10.00 Å². The molecule has 0 fully saturated rings. The van der Waals surface area contributed by atoms with E-state index >= 15 is 0 Å². The largest absolute Gasteiger partial charge is 0.468 e. The van der Waals surface area contributed by atoms with E-state index in [1.807, 2.05) is 19.2 Å². The van der Waals surface area contributed by atoms with Crippen LogP contribution in [0.5, 0.6) is 0 Å². The molecule has 0 spiro atoms. The van der Waals surface area contributed by atoms with Crippen LogP contribution in [0.2, 0.25) is 0 Å². The zero-order valence-corrected chi connectivity index (χ0v) is 12.2. The minimum absolute atomic E-state index is 0.171.